The monoisotopic (exact) mass is 255 g/mol. The van der Waals surface area contributed by atoms with Crippen LogP contribution in [0.15, 0.2) is 16.0 Å². The molecule has 7 heteroatoms. The third-order valence-electron chi connectivity index (χ3n) is 2.60. The maximum Gasteiger partial charge on any atom is 0.253 e. The van der Waals surface area contributed by atoms with E-state index in [-0.39, 0.29) is 11.4 Å². The molecule has 0 saturated carbocycles. The number of thioether (sulfide) groups is 1. The minimum absolute atomic E-state index is 0.192. The lowest BCUT2D eigenvalue weighted by molar-refractivity contribution is 0.255. The molecule has 2 heterocycles. The summed E-state index contributed by atoms with van der Waals surface area (Å²) >= 11 is 1.53. The number of nitrogens with zero attached hydrogens (tertiary/aromatic N) is 2. The van der Waals surface area contributed by atoms with Crippen molar-refractivity contribution < 1.29 is 0 Å². The molecule has 0 aliphatic carbocycles. The molecule has 1 aromatic heterocycles. The fourth-order valence-corrected chi connectivity index (χ4v) is 2.61. The Hall–Kier alpha value is -1.05. The number of H-pyrrole nitrogens is 1. The number of piperazine rings is 1. The van der Waals surface area contributed by atoms with Crippen molar-refractivity contribution in [2.75, 3.05) is 44.2 Å². The van der Waals surface area contributed by atoms with Crippen molar-refractivity contribution in [3.05, 3.63) is 16.4 Å². The molecule has 1 aromatic rings. The summed E-state index contributed by atoms with van der Waals surface area (Å²) < 4.78 is 0. The zero-order chi connectivity index (χ0) is 12.1. The Morgan fingerprint density at radius 3 is 2.94 bits per heavy atom. The van der Waals surface area contributed by atoms with Gasteiger partial charge in [0.2, 0.25) is 0 Å². The van der Waals surface area contributed by atoms with E-state index in [1.807, 2.05) is 0 Å². The molecule has 1 fully saturated rings. The lowest BCUT2D eigenvalue weighted by atomic mass is 10.4. The van der Waals surface area contributed by atoms with Crippen molar-refractivity contribution in [1.82, 2.24) is 20.2 Å². The molecule has 0 bridgehead atoms. The predicted molar refractivity (Wildman–Crippen MR) is 69.3 cm³/mol. The molecule has 17 heavy (non-hydrogen) atoms. The van der Waals surface area contributed by atoms with Crippen molar-refractivity contribution in [2.45, 2.75) is 5.16 Å². The Labute approximate surface area is 104 Å². The standard InChI is InChI=1S/C10H17N5OS/c11-8-7-9(16)14-10(13-8)17-6-5-15-3-1-12-2-4-15/h7,12H,1-6H2,(H3,11,13,14,16). The summed E-state index contributed by atoms with van der Waals surface area (Å²) in [5.41, 5.74) is 5.32. The van der Waals surface area contributed by atoms with E-state index >= 15 is 0 Å². The van der Waals surface area contributed by atoms with Crippen LogP contribution in [0, 0.1) is 0 Å². The number of nitrogens with two attached hydrogens (primary N) is 1. The molecule has 4 N–H and O–H groups in total. The molecule has 0 amide bonds. The Morgan fingerprint density at radius 2 is 2.24 bits per heavy atom. The van der Waals surface area contributed by atoms with Crippen LogP contribution < -0.4 is 16.6 Å². The van der Waals surface area contributed by atoms with Gasteiger partial charge in [0, 0.05) is 44.5 Å². The summed E-state index contributed by atoms with van der Waals surface area (Å²) in [5, 5.41) is 3.91. The van der Waals surface area contributed by atoms with Crippen LogP contribution in [-0.2, 0) is 0 Å². The molecule has 0 aromatic carbocycles. The first-order valence-electron chi connectivity index (χ1n) is 5.67. The molecule has 1 saturated heterocycles. The van der Waals surface area contributed by atoms with E-state index < -0.39 is 0 Å². The van der Waals surface area contributed by atoms with E-state index in [4.69, 9.17) is 5.73 Å². The number of hydrogen-bond acceptors (Lipinski definition) is 6. The van der Waals surface area contributed by atoms with Crippen LogP contribution in [-0.4, -0.2) is 53.3 Å². The summed E-state index contributed by atoms with van der Waals surface area (Å²) in [6.07, 6.45) is 0. The smallest absolute Gasteiger partial charge is 0.253 e. The van der Waals surface area contributed by atoms with Gasteiger partial charge in [-0.15, -0.1) is 0 Å². The number of anilines is 1. The second-order valence-corrected chi connectivity index (χ2v) is 5.00. The normalized spacial score (nSPS) is 17.2. The zero-order valence-corrected chi connectivity index (χ0v) is 10.4. The first-order chi connectivity index (χ1) is 8.24. The average molecular weight is 255 g/mol. The first kappa shape index (κ1) is 12.4. The van der Waals surface area contributed by atoms with Crippen LogP contribution in [0.1, 0.15) is 0 Å². The van der Waals surface area contributed by atoms with Gasteiger partial charge in [-0.05, 0) is 0 Å². The topological polar surface area (TPSA) is 87.0 Å². The van der Waals surface area contributed by atoms with E-state index in [0.717, 1.165) is 38.5 Å². The number of aromatic nitrogens is 2. The van der Waals surface area contributed by atoms with E-state index in [2.05, 4.69) is 20.2 Å². The largest absolute Gasteiger partial charge is 0.383 e. The van der Waals surface area contributed by atoms with E-state index in [0.29, 0.717) is 5.16 Å². The van der Waals surface area contributed by atoms with Crippen LogP contribution in [0.5, 0.6) is 0 Å². The molecule has 0 unspecified atom stereocenters. The average Bonchev–Trinajstić information content (AvgIpc) is 2.29. The lowest BCUT2D eigenvalue weighted by Crippen LogP contribution is -2.44. The molecule has 2 rings (SSSR count). The van der Waals surface area contributed by atoms with Crippen molar-refractivity contribution >= 4 is 17.6 Å². The highest BCUT2D eigenvalue weighted by molar-refractivity contribution is 7.99. The van der Waals surface area contributed by atoms with Gasteiger partial charge in [0.25, 0.3) is 5.56 Å². The van der Waals surface area contributed by atoms with Crippen LogP contribution in [0.2, 0.25) is 0 Å². The highest BCUT2D eigenvalue weighted by Crippen LogP contribution is 2.11. The van der Waals surface area contributed by atoms with Crippen molar-refractivity contribution in [2.24, 2.45) is 0 Å². The summed E-state index contributed by atoms with van der Waals surface area (Å²) in [6, 6.07) is 1.29. The second kappa shape index (κ2) is 6.04. The maximum absolute atomic E-state index is 11.2. The van der Waals surface area contributed by atoms with Crippen molar-refractivity contribution in [3.63, 3.8) is 0 Å². The minimum Gasteiger partial charge on any atom is -0.383 e. The molecule has 1 aliphatic rings. The third kappa shape index (κ3) is 4.03. The van der Waals surface area contributed by atoms with E-state index in [1.54, 1.807) is 0 Å². The van der Waals surface area contributed by atoms with Gasteiger partial charge in [-0.2, -0.15) is 0 Å². The van der Waals surface area contributed by atoms with Crippen LogP contribution in [0.3, 0.4) is 0 Å². The van der Waals surface area contributed by atoms with Gasteiger partial charge >= 0.3 is 0 Å². The Morgan fingerprint density at radius 1 is 1.47 bits per heavy atom. The first-order valence-corrected chi connectivity index (χ1v) is 6.65. The molecule has 94 valence electrons. The molecule has 6 nitrogen and oxygen atoms in total. The molecule has 1 aliphatic heterocycles. The second-order valence-electron chi connectivity index (χ2n) is 3.92. The van der Waals surface area contributed by atoms with Crippen LogP contribution in [0.25, 0.3) is 0 Å². The summed E-state index contributed by atoms with van der Waals surface area (Å²) in [6.45, 7) is 5.28. The number of nitrogens with one attached hydrogen (secondary N) is 2. The van der Waals surface area contributed by atoms with Gasteiger partial charge in [0.05, 0.1) is 0 Å². The quantitative estimate of drug-likeness (QED) is 0.489. The van der Waals surface area contributed by atoms with Crippen molar-refractivity contribution in [3.8, 4) is 0 Å². The van der Waals surface area contributed by atoms with Crippen molar-refractivity contribution in [1.29, 1.82) is 0 Å². The summed E-state index contributed by atoms with van der Waals surface area (Å²) in [4.78, 5) is 20.3. The highest BCUT2D eigenvalue weighted by Gasteiger charge is 2.09. The Kier molecular flexibility index (Phi) is 4.41. The molecular weight excluding hydrogens is 238 g/mol. The predicted octanol–water partition coefficient (Wildman–Crippen LogP) is -0.651. The lowest BCUT2D eigenvalue weighted by Gasteiger charge is -2.26. The van der Waals surface area contributed by atoms with Gasteiger partial charge in [0.15, 0.2) is 5.16 Å². The van der Waals surface area contributed by atoms with Gasteiger partial charge < -0.3 is 16.0 Å². The number of nitrogen functional groups attached to an aromatic ring is 1. The summed E-state index contributed by atoms with van der Waals surface area (Å²) in [5.74, 6) is 1.19. The van der Waals surface area contributed by atoms with Gasteiger partial charge in [-0.1, -0.05) is 11.8 Å². The third-order valence-corrected chi connectivity index (χ3v) is 3.45. The van der Waals surface area contributed by atoms with Gasteiger partial charge in [-0.25, -0.2) is 4.98 Å². The Balaban J connectivity index is 1.79. The molecular formula is C10H17N5OS. The number of hydrogen-bond donors (Lipinski definition) is 3. The SMILES string of the molecule is Nc1cc(=O)[nH]c(SCCN2CCNCC2)n1. The minimum atomic E-state index is -0.192. The summed E-state index contributed by atoms with van der Waals surface area (Å²) in [7, 11) is 0. The van der Waals surface area contributed by atoms with Gasteiger partial charge in [0.1, 0.15) is 5.82 Å². The van der Waals surface area contributed by atoms with E-state index in [9.17, 15) is 4.79 Å². The molecule has 0 atom stereocenters. The number of rotatable bonds is 4. The Bertz CT molecular complexity index is 415. The van der Waals surface area contributed by atoms with Crippen LogP contribution in [0.4, 0.5) is 5.82 Å². The molecule has 0 radical (unpaired) electrons. The maximum atomic E-state index is 11.2. The van der Waals surface area contributed by atoms with Crippen LogP contribution >= 0.6 is 11.8 Å². The fraction of sp³-hybridized carbons (Fsp3) is 0.600. The fourth-order valence-electron chi connectivity index (χ4n) is 1.73. The highest BCUT2D eigenvalue weighted by atomic mass is 32.2. The zero-order valence-electron chi connectivity index (χ0n) is 9.61. The molecule has 0 spiro atoms. The van der Waals surface area contributed by atoms with Gasteiger partial charge in [-0.3, -0.25) is 9.69 Å². The van der Waals surface area contributed by atoms with E-state index in [1.165, 1.54) is 17.8 Å². The number of aromatic amines is 1.